The van der Waals surface area contributed by atoms with Crippen LogP contribution in [0.3, 0.4) is 0 Å². The van der Waals surface area contributed by atoms with Crippen LogP contribution >= 0.6 is 0 Å². The number of halogens is 30. The van der Waals surface area contributed by atoms with Crippen LogP contribution in [0.25, 0.3) is 32.3 Å². The van der Waals surface area contributed by atoms with Crippen molar-refractivity contribution in [3.8, 4) is 34.5 Å². The molecule has 0 aliphatic carbocycles. The summed E-state index contributed by atoms with van der Waals surface area (Å²) in [7, 11) is 0. The third-order valence-corrected chi connectivity index (χ3v) is 16.2. The summed E-state index contributed by atoms with van der Waals surface area (Å²) in [6.07, 6.45) is -93.9. The first-order valence-electron chi connectivity index (χ1n) is 32.4. The van der Waals surface area contributed by atoms with E-state index in [0.29, 0.717) is 6.07 Å². The predicted molar refractivity (Wildman–Crippen MR) is 321 cm³/mol. The molecule has 0 spiro atoms. The second-order valence-corrected chi connectivity index (χ2v) is 23.8. The van der Waals surface area contributed by atoms with Crippen molar-refractivity contribution in [2.24, 2.45) is 0 Å². The lowest BCUT2D eigenvalue weighted by Gasteiger charge is -2.28. The van der Waals surface area contributed by atoms with Crippen molar-refractivity contribution in [1.29, 1.82) is 0 Å². The van der Waals surface area contributed by atoms with E-state index in [4.69, 9.17) is 28.4 Å². The Bertz CT molecular complexity index is 2990. The van der Waals surface area contributed by atoms with Crippen molar-refractivity contribution in [3.63, 3.8) is 0 Å². The van der Waals surface area contributed by atoms with Crippen LogP contribution in [0.2, 0.25) is 0 Å². The summed E-state index contributed by atoms with van der Waals surface area (Å²) >= 11 is 0. The van der Waals surface area contributed by atoms with Gasteiger partial charge in [-0.3, -0.25) is 26.3 Å². The number of fused-ring (bicyclic) bond motifs is 6. The summed E-state index contributed by atoms with van der Waals surface area (Å²) in [5.41, 5.74) is 0. The standard InChI is InChI=1S/C66H78F30O6/c67-19-3-11-34(73)50(85)56(91)40(79)25-97-46-18-17-33-31-9-1-2-10-32(31)48-49(47(33)62(46)98-26-41(80)57(92)51(86)35(74)12-4-20-68)64(100-28-43(82)59(94)53(88)37(76)14-6-22-70)66(102-30-45(84)61(96)55(90)39(78)16-8-24-72)65(101-29-44(83)60(95)54(89)38(77)15-7-23-71)63(48)99-27-42(81)58(93)52(87)36(75)13-5-21-69/h1-2,9-10,17-18,34-45,50-61H,3-8,11-16,19-30H2. The lowest BCUT2D eigenvalue weighted by molar-refractivity contribution is 0.00475. The quantitative estimate of drug-likeness (QED) is 0.0324. The Labute approximate surface area is 567 Å². The summed E-state index contributed by atoms with van der Waals surface area (Å²) in [6, 6.07) is 5.53. The van der Waals surface area contributed by atoms with Crippen LogP contribution in [0.1, 0.15) is 77.0 Å². The average Bonchev–Trinajstić information content (AvgIpc) is 0.707. The third kappa shape index (κ3) is 24.2. The van der Waals surface area contributed by atoms with E-state index < -0.39 is 372 Å². The Balaban J connectivity index is 2.39. The summed E-state index contributed by atoms with van der Waals surface area (Å²) in [5, 5.41) is -5.22. The van der Waals surface area contributed by atoms with Gasteiger partial charge in [0.1, 0.15) is 76.7 Å². The largest absolute Gasteiger partial charge is 0.487 e. The molecule has 0 aliphatic heterocycles. The Morgan fingerprint density at radius 3 is 0.686 bits per heavy atom. The van der Waals surface area contributed by atoms with Crippen LogP contribution < -0.4 is 28.4 Å². The molecule has 24 unspecified atom stereocenters. The fourth-order valence-corrected chi connectivity index (χ4v) is 10.4. The molecule has 102 heavy (non-hydrogen) atoms. The molecule has 0 heterocycles. The molecule has 4 aromatic rings. The molecule has 588 valence electrons. The van der Waals surface area contributed by atoms with Crippen molar-refractivity contribution in [1.82, 2.24) is 0 Å². The first-order valence-corrected chi connectivity index (χ1v) is 32.4. The topological polar surface area (TPSA) is 55.4 Å². The van der Waals surface area contributed by atoms with E-state index in [2.05, 4.69) is 0 Å². The molecule has 0 fully saturated rings. The molecule has 0 saturated carbocycles. The maximum absolute atomic E-state index is 16.5. The summed E-state index contributed by atoms with van der Waals surface area (Å²) < 4.78 is 485. The highest BCUT2D eigenvalue weighted by atomic mass is 19.2. The first kappa shape index (κ1) is 88.8. The van der Waals surface area contributed by atoms with E-state index in [-0.39, 0.29) is 0 Å². The molecule has 0 amide bonds. The maximum Gasteiger partial charge on any atom is 0.208 e. The molecule has 4 rings (SSSR count). The zero-order chi connectivity index (χ0) is 76.2. The zero-order valence-electron chi connectivity index (χ0n) is 54.1. The summed E-state index contributed by atoms with van der Waals surface area (Å²) in [4.78, 5) is 0. The normalized spacial score (nSPS) is 19.5. The molecule has 0 radical (unpaired) electrons. The van der Waals surface area contributed by atoms with Gasteiger partial charge in [0.25, 0.3) is 0 Å². The van der Waals surface area contributed by atoms with Crippen molar-refractivity contribution < 1.29 is 160 Å². The van der Waals surface area contributed by atoms with Gasteiger partial charge in [0.05, 0.1) is 40.0 Å². The highest BCUT2D eigenvalue weighted by Crippen LogP contribution is 2.58. The van der Waals surface area contributed by atoms with Crippen LogP contribution in [-0.4, -0.2) is 228 Å². The molecule has 0 aromatic heterocycles. The fourth-order valence-electron chi connectivity index (χ4n) is 10.4. The van der Waals surface area contributed by atoms with Crippen LogP contribution in [0.5, 0.6) is 34.5 Å². The molecule has 6 nitrogen and oxygen atoms in total. The number of hydrogen-bond acceptors (Lipinski definition) is 6. The van der Waals surface area contributed by atoms with Gasteiger partial charge in [-0.15, -0.1) is 0 Å². The van der Waals surface area contributed by atoms with Crippen LogP contribution in [-0.2, 0) is 0 Å². The molecule has 0 N–H and O–H groups in total. The van der Waals surface area contributed by atoms with Gasteiger partial charge in [0, 0.05) is 16.2 Å². The molecule has 4 aromatic carbocycles. The monoisotopic (exact) mass is 1540 g/mol. The van der Waals surface area contributed by atoms with Gasteiger partial charge >= 0.3 is 0 Å². The molecule has 0 aliphatic rings. The molecule has 0 bridgehead atoms. The molecule has 36 heteroatoms. The minimum Gasteiger partial charge on any atom is -0.487 e. The Hall–Kier alpha value is -5.64. The molecule has 24 atom stereocenters. The highest BCUT2D eigenvalue weighted by molar-refractivity contribution is 6.31. The predicted octanol–water partition coefficient (Wildman–Crippen LogP) is 20.0. The molecule has 0 saturated heterocycles. The second-order valence-electron chi connectivity index (χ2n) is 23.8. The van der Waals surface area contributed by atoms with Crippen LogP contribution in [0.15, 0.2) is 36.4 Å². The van der Waals surface area contributed by atoms with Crippen molar-refractivity contribution >= 4 is 32.3 Å². The Kier molecular flexibility index (Phi) is 38.6. The number of alkyl halides is 30. The van der Waals surface area contributed by atoms with Crippen LogP contribution in [0.4, 0.5) is 132 Å². The lowest BCUT2D eigenvalue weighted by atomic mass is 9.91. The number of ether oxygens (including phenoxy) is 6. The first-order chi connectivity index (χ1) is 48.4. The smallest absolute Gasteiger partial charge is 0.208 e. The molecular formula is C66H78F30O6. The van der Waals surface area contributed by atoms with Gasteiger partial charge in [0.2, 0.25) is 11.5 Å². The van der Waals surface area contributed by atoms with E-state index in [1.54, 1.807) is 0 Å². The maximum atomic E-state index is 16.5. The van der Waals surface area contributed by atoms with E-state index >= 15 is 79.0 Å². The van der Waals surface area contributed by atoms with E-state index in [1.165, 1.54) is 0 Å². The van der Waals surface area contributed by atoms with Crippen LogP contribution in [0, 0.1) is 0 Å². The third-order valence-electron chi connectivity index (χ3n) is 16.2. The van der Waals surface area contributed by atoms with Crippen molar-refractivity contribution in [3.05, 3.63) is 36.4 Å². The summed E-state index contributed by atoms with van der Waals surface area (Å²) in [6.45, 7) is -20.4. The number of hydrogen-bond donors (Lipinski definition) is 0. The van der Waals surface area contributed by atoms with Crippen molar-refractivity contribution in [2.45, 2.75) is 225 Å². The SMILES string of the molecule is FCCCC(F)C(F)C(F)C(F)COc1ccc2c3ccccc3c3c(OCC(F)C(F)C(F)C(F)CCCF)c(OCC(F)C(F)C(F)C(F)CCCF)c(OCC(F)C(F)C(F)C(F)CCCF)c(OCC(F)C(F)C(F)C(F)CCCF)c3c2c1OCC(F)C(F)C(F)C(F)CCCF. The molecular weight excluding hydrogens is 1460 g/mol. The van der Waals surface area contributed by atoms with Gasteiger partial charge in [0.15, 0.2) is 134 Å². The minimum absolute atomic E-state index is 0.438. The van der Waals surface area contributed by atoms with E-state index in [9.17, 15) is 52.7 Å². The average molecular weight is 1540 g/mol. The van der Waals surface area contributed by atoms with Gasteiger partial charge in [-0.1, -0.05) is 24.3 Å². The number of rotatable bonds is 54. The Morgan fingerprint density at radius 2 is 0.412 bits per heavy atom. The fraction of sp³-hybridized carbons (Fsp3) is 0.727. The van der Waals surface area contributed by atoms with Gasteiger partial charge in [-0.05, 0) is 105 Å². The van der Waals surface area contributed by atoms with E-state index in [0.717, 1.165) is 30.3 Å². The second kappa shape index (κ2) is 44.4. The van der Waals surface area contributed by atoms with Crippen molar-refractivity contribution in [2.75, 3.05) is 79.7 Å². The van der Waals surface area contributed by atoms with Gasteiger partial charge in [-0.2, -0.15) is 0 Å². The van der Waals surface area contributed by atoms with Gasteiger partial charge < -0.3 is 28.4 Å². The Morgan fingerprint density at radius 1 is 0.206 bits per heavy atom. The highest BCUT2D eigenvalue weighted by Gasteiger charge is 2.44. The lowest BCUT2D eigenvalue weighted by Crippen LogP contribution is -2.39. The van der Waals surface area contributed by atoms with Gasteiger partial charge in [-0.25, -0.2) is 105 Å². The number of benzene rings is 4. The summed E-state index contributed by atoms with van der Waals surface area (Å²) in [5.74, 6) is -9.52. The van der Waals surface area contributed by atoms with E-state index in [1.807, 2.05) is 0 Å². The minimum atomic E-state index is -3.78. The zero-order valence-corrected chi connectivity index (χ0v) is 54.1.